The lowest BCUT2D eigenvalue weighted by Crippen LogP contribution is -2.46. The van der Waals surface area contributed by atoms with Crippen molar-refractivity contribution in [3.8, 4) is 0 Å². The fourth-order valence-electron chi connectivity index (χ4n) is 3.05. The highest BCUT2D eigenvalue weighted by molar-refractivity contribution is 14.0. The SMILES string of the molecule is CN=C(NCc1cccc(S(N)(=O)=O)c1)N1CCCC(CC(N)=O)C1.I. The monoisotopic (exact) mass is 495 g/mol. The fourth-order valence-corrected chi connectivity index (χ4v) is 3.64. The van der Waals surface area contributed by atoms with E-state index in [1.54, 1.807) is 19.2 Å². The second-order valence-electron chi connectivity index (χ2n) is 6.22. The summed E-state index contributed by atoms with van der Waals surface area (Å²) < 4.78 is 22.9. The number of guanidine groups is 1. The number of primary sulfonamides is 1. The van der Waals surface area contributed by atoms with E-state index in [0.717, 1.165) is 37.5 Å². The van der Waals surface area contributed by atoms with Crippen molar-refractivity contribution in [2.75, 3.05) is 20.1 Å². The van der Waals surface area contributed by atoms with Gasteiger partial charge in [0.1, 0.15) is 0 Å². The van der Waals surface area contributed by atoms with Crippen LogP contribution in [-0.4, -0.2) is 45.3 Å². The van der Waals surface area contributed by atoms with Crippen LogP contribution in [0.5, 0.6) is 0 Å². The molecule has 0 aliphatic carbocycles. The molecule has 2 rings (SSSR count). The first-order valence-electron chi connectivity index (χ1n) is 8.15. The van der Waals surface area contributed by atoms with Gasteiger partial charge in [-0.25, -0.2) is 13.6 Å². The molecule has 1 amide bonds. The van der Waals surface area contributed by atoms with Gasteiger partial charge in [-0.2, -0.15) is 0 Å². The molecule has 0 saturated carbocycles. The van der Waals surface area contributed by atoms with E-state index in [9.17, 15) is 13.2 Å². The Bertz CT molecular complexity index is 754. The summed E-state index contributed by atoms with van der Waals surface area (Å²) in [6.45, 7) is 2.00. The number of piperidine rings is 1. The summed E-state index contributed by atoms with van der Waals surface area (Å²) in [6, 6.07) is 6.48. The number of nitrogens with two attached hydrogens (primary N) is 2. The third-order valence-electron chi connectivity index (χ3n) is 4.20. The quantitative estimate of drug-likeness (QED) is 0.313. The van der Waals surface area contributed by atoms with Gasteiger partial charge in [-0.1, -0.05) is 12.1 Å². The zero-order valence-corrected chi connectivity index (χ0v) is 17.9. The predicted molar refractivity (Wildman–Crippen MR) is 112 cm³/mol. The van der Waals surface area contributed by atoms with Crippen LogP contribution in [0.15, 0.2) is 34.2 Å². The van der Waals surface area contributed by atoms with Crippen molar-refractivity contribution in [1.29, 1.82) is 0 Å². The minimum absolute atomic E-state index is 0. The van der Waals surface area contributed by atoms with Crippen molar-refractivity contribution in [2.45, 2.75) is 30.7 Å². The summed E-state index contributed by atoms with van der Waals surface area (Å²) in [5.41, 5.74) is 6.09. The van der Waals surface area contributed by atoms with Gasteiger partial charge < -0.3 is 16.0 Å². The number of aliphatic imine (C=N–C) groups is 1. The Balaban J connectivity index is 0.00000338. The number of rotatable bonds is 5. The Kier molecular flexibility index (Phi) is 8.77. The maximum absolute atomic E-state index is 11.4. The fraction of sp³-hybridized carbons (Fsp3) is 0.500. The number of hydrogen-bond acceptors (Lipinski definition) is 4. The van der Waals surface area contributed by atoms with Gasteiger partial charge in [-0.15, -0.1) is 24.0 Å². The molecule has 5 N–H and O–H groups in total. The number of primary amides is 1. The van der Waals surface area contributed by atoms with Gasteiger partial charge >= 0.3 is 0 Å². The third kappa shape index (κ3) is 6.72. The molecule has 1 aliphatic heterocycles. The molecule has 8 nitrogen and oxygen atoms in total. The van der Waals surface area contributed by atoms with E-state index in [1.165, 1.54) is 6.07 Å². The number of nitrogens with one attached hydrogen (secondary N) is 1. The molecule has 1 aromatic rings. The molecule has 1 aromatic carbocycles. The first kappa shape index (κ1) is 22.6. The molecule has 1 unspecified atom stereocenters. The minimum atomic E-state index is -3.72. The molecule has 0 aromatic heterocycles. The summed E-state index contributed by atoms with van der Waals surface area (Å²) in [5, 5.41) is 8.39. The molecule has 1 atom stereocenters. The van der Waals surface area contributed by atoms with Gasteiger partial charge in [0.15, 0.2) is 5.96 Å². The number of likely N-dealkylation sites (tertiary alicyclic amines) is 1. The van der Waals surface area contributed by atoms with Crippen LogP contribution in [0.3, 0.4) is 0 Å². The lowest BCUT2D eigenvalue weighted by Gasteiger charge is -2.34. The molecule has 1 saturated heterocycles. The Morgan fingerprint density at radius 3 is 2.77 bits per heavy atom. The van der Waals surface area contributed by atoms with E-state index in [4.69, 9.17) is 10.9 Å². The van der Waals surface area contributed by atoms with Crippen molar-refractivity contribution in [3.05, 3.63) is 29.8 Å². The topological polar surface area (TPSA) is 131 Å². The molecule has 10 heteroatoms. The molecular weight excluding hydrogens is 469 g/mol. The van der Waals surface area contributed by atoms with Gasteiger partial charge in [0.2, 0.25) is 15.9 Å². The van der Waals surface area contributed by atoms with E-state index in [-0.39, 0.29) is 40.7 Å². The average Bonchev–Trinajstić information content (AvgIpc) is 2.55. The Morgan fingerprint density at radius 1 is 1.42 bits per heavy atom. The first-order valence-corrected chi connectivity index (χ1v) is 9.70. The molecular formula is C16H26IN5O3S. The number of carbonyl (C=O) groups excluding carboxylic acids is 1. The van der Waals surface area contributed by atoms with Crippen molar-refractivity contribution >= 4 is 45.9 Å². The van der Waals surface area contributed by atoms with Gasteiger partial charge in [-0.3, -0.25) is 9.79 Å². The van der Waals surface area contributed by atoms with E-state index >= 15 is 0 Å². The number of amides is 1. The predicted octanol–water partition coefficient (Wildman–Crippen LogP) is 0.615. The lowest BCUT2D eigenvalue weighted by molar-refractivity contribution is -0.119. The second-order valence-corrected chi connectivity index (χ2v) is 7.78. The highest BCUT2D eigenvalue weighted by Gasteiger charge is 2.23. The molecule has 0 bridgehead atoms. The number of hydrogen-bond donors (Lipinski definition) is 3. The Morgan fingerprint density at radius 2 is 2.15 bits per heavy atom. The Labute approximate surface area is 171 Å². The number of carbonyl (C=O) groups is 1. The van der Waals surface area contributed by atoms with Crippen molar-refractivity contribution in [2.24, 2.45) is 21.8 Å². The minimum Gasteiger partial charge on any atom is -0.370 e. The molecule has 1 fully saturated rings. The van der Waals surface area contributed by atoms with Crippen molar-refractivity contribution < 1.29 is 13.2 Å². The highest BCUT2D eigenvalue weighted by atomic mass is 127. The van der Waals surface area contributed by atoms with Crippen LogP contribution in [0.2, 0.25) is 0 Å². The maximum Gasteiger partial charge on any atom is 0.238 e. The lowest BCUT2D eigenvalue weighted by atomic mass is 9.95. The molecule has 146 valence electrons. The highest BCUT2D eigenvalue weighted by Crippen LogP contribution is 2.19. The molecule has 0 radical (unpaired) electrons. The van der Waals surface area contributed by atoms with Gasteiger partial charge in [0, 0.05) is 33.1 Å². The van der Waals surface area contributed by atoms with E-state index in [0.29, 0.717) is 13.0 Å². The van der Waals surface area contributed by atoms with Crippen LogP contribution >= 0.6 is 24.0 Å². The normalized spacial score (nSPS) is 18.2. The zero-order valence-electron chi connectivity index (χ0n) is 14.7. The van der Waals surface area contributed by atoms with Crippen LogP contribution < -0.4 is 16.2 Å². The zero-order chi connectivity index (χ0) is 18.4. The van der Waals surface area contributed by atoms with E-state index in [1.807, 2.05) is 6.07 Å². The van der Waals surface area contributed by atoms with Crippen molar-refractivity contribution in [3.63, 3.8) is 0 Å². The first-order chi connectivity index (χ1) is 11.8. The van der Waals surface area contributed by atoms with E-state index < -0.39 is 10.0 Å². The largest absolute Gasteiger partial charge is 0.370 e. The number of halogens is 1. The van der Waals surface area contributed by atoms with Gasteiger partial charge in [0.05, 0.1) is 4.90 Å². The number of benzene rings is 1. The summed E-state index contributed by atoms with van der Waals surface area (Å²) in [7, 11) is -2.03. The molecule has 0 spiro atoms. The number of nitrogens with zero attached hydrogens (tertiary/aromatic N) is 2. The maximum atomic E-state index is 11.4. The molecule has 26 heavy (non-hydrogen) atoms. The van der Waals surface area contributed by atoms with Crippen LogP contribution in [-0.2, 0) is 21.4 Å². The van der Waals surface area contributed by atoms with Gasteiger partial charge in [0.25, 0.3) is 0 Å². The second kappa shape index (κ2) is 10.1. The van der Waals surface area contributed by atoms with E-state index in [2.05, 4.69) is 15.2 Å². The number of sulfonamides is 1. The third-order valence-corrected chi connectivity index (χ3v) is 5.11. The van der Waals surface area contributed by atoms with Crippen LogP contribution in [0, 0.1) is 5.92 Å². The average molecular weight is 495 g/mol. The van der Waals surface area contributed by atoms with Crippen LogP contribution in [0.1, 0.15) is 24.8 Å². The summed E-state index contributed by atoms with van der Waals surface area (Å²) in [5.74, 6) is 0.667. The molecule has 1 heterocycles. The summed E-state index contributed by atoms with van der Waals surface area (Å²) in [6.07, 6.45) is 2.33. The molecule has 1 aliphatic rings. The summed E-state index contributed by atoms with van der Waals surface area (Å²) in [4.78, 5) is 17.6. The van der Waals surface area contributed by atoms with Crippen LogP contribution in [0.25, 0.3) is 0 Å². The summed E-state index contributed by atoms with van der Waals surface area (Å²) >= 11 is 0. The van der Waals surface area contributed by atoms with Gasteiger partial charge in [-0.05, 0) is 36.5 Å². The van der Waals surface area contributed by atoms with Crippen molar-refractivity contribution in [1.82, 2.24) is 10.2 Å². The Hall–Kier alpha value is -1.40. The van der Waals surface area contributed by atoms with Crippen LogP contribution in [0.4, 0.5) is 0 Å². The standard InChI is InChI=1S/C16H25N5O3S.HI/c1-19-16(21-7-3-5-13(11-21)9-15(17)22)20-10-12-4-2-6-14(8-12)25(18,23)24;/h2,4,6,8,13H,3,5,7,9-11H2,1H3,(H2,17,22)(H,19,20)(H2,18,23,24);1H. The smallest absolute Gasteiger partial charge is 0.238 e.